The highest BCUT2D eigenvalue weighted by Crippen LogP contribution is 2.19. The minimum absolute atomic E-state index is 0.257. The lowest BCUT2D eigenvalue weighted by Gasteiger charge is -2.24. The Hall–Kier alpha value is -1.63. The molecule has 28 heavy (non-hydrogen) atoms. The molecule has 2 atom stereocenters. The summed E-state index contributed by atoms with van der Waals surface area (Å²) >= 11 is 0. The minimum Gasteiger partial charge on any atom is -0.379 e. The third-order valence-electron chi connectivity index (χ3n) is 5.02. The first-order valence-electron chi connectivity index (χ1n) is 10.6. The normalized spacial score (nSPS) is 18.5. The molecular formula is C22H38N4O2. The molecule has 0 bridgehead atoms. The number of rotatable bonds is 11. The van der Waals surface area contributed by atoms with Crippen molar-refractivity contribution in [2.75, 3.05) is 53.6 Å². The molecule has 2 unspecified atom stereocenters. The van der Waals surface area contributed by atoms with Gasteiger partial charge in [-0.1, -0.05) is 31.2 Å². The maximum absolute atomic E-state index is 5.82. The van der Waals surface area contributed by atoms with E-state index in [0.717, 1.165) is 58.1 Å². The molecule has 1 heterocycles. The summed E-state index contributed by atoms with van der Waals surface area (Å²) < 4.78 is 11.2. The van der Waals surface area contributed by atoms with Gasteiger partial charge in [-0.15, -0.1) is 0 Å². The molecule has 2 rings (SSSR count). The Morgan fingerprint density at radius 2 is 2.04 bits per heavy atom. The average Bonchev–Trinajstić information content (AvgIpc) is 3.21. The van der Waals surface area contributed by atoms with Crippen molar-refractivity contribution in [2.45, 2.75) is 45.3 Å². The first-order chi connectivity index (χ1) is 13.6. The number of hydrogen-bond donors (Lipinski definition) is 2. The van der Waals surface area contributed by atoms with Crippen molar-refractivity contribution < 1.29 is 9.47 Å². The fraction of sp³-hybridized carbons (Fsp3) is 0.682. The van der Waals surface area contributed by atoms with Crippen LogP contribution >= 0.6 is 0 Å². The van der Waals surface area contributed by atoms with E-state index in [1.807, 2.05) is 0 Å². The van der Waals surface area contributed by atoms with Gasteiger partial charge in [0.05, 0.1) is 25.3 Å². The molecule has 1 aliphatic heterocycles. The van der Waals surface area contributed by atoms with Gasteiger partial charge in [0, 0.05) is 26.3 Å². The predicted molar refractivity (Wildman–Crippen MR) is 116 cm³/mol. The Balaban J connectivity index is 1.83. The molecule has 1 fully saturated rings. The van der Waals surface area contributed by atoms with Crippen molar-refractivity contribution in [1.82, 2.24) is 15.5 Å². The summed E-state index contributed by atoms with van der Waals surface area (Å²) in [6, 6.07) is 9.14. The fourth-order valence-corrected chi connectivity index (χ4v) is 3.24. The SMILES string of the molecule is CCNC(=NCC(c1ccc(CC)cc1)N(C)C)NCCCOC1CCOC1. The van der Waals surface area contributed by atoms with Gasteiger partial charge in [-0.3, -0.25) is 4.99 Å². The lowest BCUT2D eigenvalue weighted by atomic mass is 10.0. The summed E-state index contributed by atoms with van der Waals surface area (Å²) in [6.07, 6.45) is 3.32. The quantitative estimate of drug-likeness (QED) is 0.346. The number of hydrogen-bond acceptors (Lipinski definition) is 4. The van der Waals surface area contributed by atoms with E-state index < -0.39 is 0 Å². The van der Waals surface area contributed by atoms with Crippen molar-refractivity contribution in [1.29, 1.82) is 0 Å². The van der Waals surface area contributed by atoms with Crippen LogP contribution in [-0.2, 0) is 15.9 Å². The zero-order valence-corrected chi connectivity index (χ0v) is 18.0. The third-order valence-corrected chi connectivity index (χ3v) is 5.02. The maximum atomic E-state index is 5.82. The van der Waals surface area contributed by atoms with Gasteiger partial charge in [0.1, 0.15) is 0 Å². The number of benzene rings is 1. The molecule has 158 valence electrons. The molecule has 1 aromatic rings. The number of aryl methyl sites for hydroxylation is 1. The van der Waals surface area contributed by atoms with Gasteiger partial charge in [-0.25, -0.2) is 0 Å². The van der Waals surface area contributed by atoms with E-state index >= 15 is 0 Å². The fourth-order valence-electron chi connectivity index (χ4n) is 3.24. The van der Waals surface area contributed by atoms with Gasteiger partial charge in [0.15, 0.2) is 5.96 Å². The molecular weight excluding hydrogens is 352 g/mol. The molecule has 0 aromatic heterocycles. The van der Waals surface area contributed by atoms with Crippen LogP contribution in [0.4, 0.5) is 0 Å². The molecule has 0 radical (unpaired) electrons. The average molecular weight is 391 g/mol. The van der Waals surface area contributed by atoms with Crippen LogP contribution in [0, 0.1) is 0 Å². The van der Waals surface area contributed by atoms with Crippen molar-refractivity contribution in [3.63, 3.8) is 0 Å². The van der Waals surface area contributed by atoms with Gasteiger partial charge >= 0.3 is 0 Å². The summed E-state index contributed by atoms with van der Waals surface area (Å²) in [7, 11) is 4.22. The Morgan fingerprint density at radius 1 is 1.25 bits per heavy atom. The van der Waals surface area contributed by atoms with E-state index in [1.54, 1.807) is 0 Å². The Bertz CT molecular complexity index is 568. The van der Waals surface area contributed by atoms with E-state index in [-0.39, 0.29) is 12.1 Å². The Labute approximate surface area is 170 Å². The van der Waals surface area contributed by atoms with E-state index in [0.29, 0.717) is 6.54 Å². The van der Waals surface area contributed by atoms with Crippen molar-refractivity contribution in [2.24, 2.45) is 4.99 Å². The summed E-state index contributed by atoms with van der Waals surface area (Å²) in [5.41, 5.74) is 2.67. The third kappa shape index (κ3) is 7.78. The molecule has 6 heteroatoms. The summed E-state index contributed by atoms with van der Waals surface area (Å²) in [5.74, 6) is 0.865. The molecule has 0 amide bonds. The van der Waals surface area contributed by atoms with E-state index in [2.05, 4.69) is 67.7 Å². The topological polar surface area (TPSA) is 58.1 Å². The second-order valence-electron chi connectivity index (χ2n) is 7.43. The van der Waals surface area contributed by atoms with Gasteiger partial charge in [0.2, 0.25) is 0 Å². The molecule has 0 saturated carbocycles. The van der Waals surface area contributed by atoms with Crippen LogP contribution < -0.4 is 10.6 Å². The molecule has 1 saturated heterocycles. The van der Waals surface area contributed by atoms with E-state index in [9.17, 15) is 0 Å². The number of likely N-dealkylation sites (N-methyl/N-ethyl adjacent to an activating group) is 1. The van der Waals surface area contributed by atoms with Gasteiger partial charge < -0.3 is 25.0 Å². The van der Waals surface area contributed by atoms with Crippen molar-refractivity contribution >= 4 is 5.96 Å². The summed E-state index contributed by atoms with van der Waals surface area (Å²) in [5, 5.41) is 6.76. The van der Waals surface area contributed by atoms with Crippen LogP contribution in [0.15, 0.2) is 29.3 Å². The molecule has 0 spiro atoms. The van der Waals surface area contributed by atoms with Crippen LogP contribution in [0.25, 0.3) is 0 Å². The first kappa shape index (κ1) is 22.7. The van der Waals surface area contributed by atoms with Crippen molar-refractivity contribution in [3.05, 3.63) is 35.4 Å². The second-order valence-corrected chi connectivity index (χ2v) is 7.43. The van der Waals surface area contributed by atoms with Gasteiger partial charge in [-0.05, 0) is 51.4 Å². The van der Waals surface area contributed by atoms with E-state index in [4.69, 9.17) is 14.5 Å². The highest BCUT2D eigenvalue weighted by Gasteiger charge is 2.16. The largest absolute Gasteiger partial charge is 0.379 e. The van der Waals surface area contributed by atoms with Crippen LogP contribution in [0.5, 0.6) is 0 Å². The minimum atomic E-state index is 0.257. The van der Waals surface area contributed by atoms with Crippen LogP contribution in [0.2, 0.25) is 0 Å². The standard InChI is InChI=1S/C22H38N4O2/c1-5-18-8-10-19(11-9-18)21(26(3)4)16-25-22(23-6-2)24-13-7-14-28-20-12-15-27-17-20/h8-11,20-21H,5-7,12-17H2,1-4H3,(H2,23,24,25). The molecule has 1 aliphatic rings. The Kier molecular flexibility index (Phi) is 10.3. The zero-order chi connectivity index (χ0) is 20.2. The number of ether oxygens (including phenoxy) is 2. The number of aliphatic imine (C=N–C) groups is 1. The zero-order valence-electron chi connectivity index (χ0n) is 18.0. The van der Waals surface area contributed by atoms with E-state index in [1.165, 1.54) is 11.1 Å². The number of nitrogens with one attached hydrogen (secondary N) is 2. The lowest BCUT2D eigenvalue weighted by molar-refractivity contribution is 0.0420. The van der Waals surface area contributed by atoms with Crippen LogP contribution in [0.3, 0.4) is 0 Å². The maximum Gasteiger partial charge on any atom is 0.191 e. The highest BCUT2D eigenvalue weighted by atomic mass is 16.5. The van der Waals surface area contributed by atoms with Crippen LogP contribution in [0.1, 0.15) is 43.9 Å². The first-order valence-corrected chi connectivity index (χ1v) is 10.6. The molecule has 6 nitrogen and oxygen atoms in total. The smallest absolute Gasteiger partial charge is 0.191 e. The lowest BCUT2D eigenvalue weighted by Crippen LogP contribution is -2.39. The summed E-state index contributed by atoms with van der Waals surface area (Å²) in [4.78, 5) is 7.05. The molecule has 1 aromatic carbocycles. The second kappa shape index (κ2) is 12.8. The summed E-state index contributed by atoms with van der Waals surface area (Å²) in [6.45, 7) is 9.00. The van der Waals surface area contributed by atoms with Gasteiger partial charge in [-0.2, -0.15) is 0 Å². The number of nitrogens with zero attached hydrogens (tertiary/aromatic N) is 2. The monoisotopic (exact) mass is 390 g/mol. The molecule has 2 N–H and O–H groups in total. The predicted octanol–water partition coefficient (Wildman–Crippen LogP) is 2.60. The van der Waals surface area contributed by atoms with Gasteiger partial charge in [0.25, 0.3) is 0 Å². The highest BCUT2D eigenvalue weighted by molar-refractivity contribution is 5.79. The Morgan fingerprint density at radius 3 is 2.64 bits per heavy atom. The van der Waals surface area contributed by atoms with Crippen LogP contribution in [-0.4, -0.2) is 70.5 Å². The molecule has 0 aliphatic carbocycles. The number of guanidine groups is 1. The van der Waals surface area contributed by atoms with Crippen molar-refractivity contribution in [3.8, 4) is 0 Å².